The summed E-state index contributed by atoms with van der Waals surface area (Å²) in [5, 5.41) is 0.882. The van der Waals surface area contributed by atoms with Crippen molar-refractivity contribution in [3.8, 4) is 16.9 Å². The number of aromatic amines is 1. The molecule has 1 fully saturated rings. The predicted molar refractivity (Wildman–Crippen MR) is 131 cm³/mol. The molecule has 1 aromatic carbocycles. The summed E-state index contributed by atoms with van der Waals surface area (Å²) in [7, 11) is -1.07. The first kappa shape index (κ1) is 22.9. The number of halogens is 1. The zero-order valence-corrected chi connectivity index (χ0v) is 19.6. The second-order valence-electron chi connectivity index (χ2n) is 8.66. The molecule has 0 bridgehead atoms. The third kappa shape index (κ3) is 4.54. The van der Waals surface area contributed by atoms with E-state index in [9.17, 15) is 18.3 Å². The Balaban J connectivity index is 1.34. The number of nitrogens with zero attached hydrogens (tertiary/aromatic N) is 3. The number of benzene rings is 1. The van der Waals surface area contributed by atoms with Crippen LogP contribution in [-0.4, -0.2) is 79.7 Å². The molecule has 34 heavy (non-hydrogen) atoms. The summed E-state index contributed by atoms with van der Waals surface area (Å²) in [6.45, 7) is 2.00. The summed E-state index contributed by atoms with van der Waals surface area (Å²) >= 11 is 0. The molecule has 0 radical (unpaired) electrons. The van der Waals surface area contributed by atoms with Gasteiger partial charge in [0.25, 0.3) is 0 Å². The minimum absolute atomic E-state index is 0.0429. The van der Waals surface area contributed by atoms with Gasteiger partial charge in [0.05, 0.1) is 19.4 Å². The first-order chi connectivity index (χ1) is 16.3. The third-order valence-electron chi connectivity index (χ3n) is 6.39. The Morgan fingerprint density at radius 2 is 2.09 bits per heavy atom. The average molecular weight is 487 g/mol. The van der Waals surface area contributed by atoms with Gasteiger partial charge in [-0.25, -0.2) is 9.37 Å². The summed E-state index contributed by atoms with van der Waals surface area (Å²) in [5.74, 6) is 0.494. The lowest BCUT2D eigenvalue weighted by Gasteiger charge is -2.29. The highest BCUT2D eigenvalue weighted by Crippen LogP contribution is 2.43. The van der Waals surface area contributed by atoms with Crippen LogP contribution in [0.15, 0.2) is 42.6 Å². The highest BCUT2D eigenvalue weighted by molar-refractivity contribution is 8.24. The number of fused-ring (bicyclic) bond motifs is 1. The molecule has 4 heterocycles. The van der Waals surface area contributed by atoms with Crippen LogP contribution in [0.25, 0.3) is 27.7 Å². The monoisotopic (exact) mass is 486 g/mol. The smallest absolute Gasteiger partial charge is 0.238 e. The van der Waals surface area contributed by atoms with Crippen LogP contribution in [0, 0.1) is 5.82 Å². The van der Waals surface area contributed by atoms with Gasteiger partial charge in [0, 0.05) is 42.5 Å². The van der Waals surface area contributed by atoms with Crippen molar-refractivity contribution in [1.82, 2.24) is 19.8 Å². The molecule has 3 N–H and O–H groups in total. The molecule has 0 atom stereocenters. The van der Waals surface area contributed by atoms with E-state index in [1.807, 2.05) is 12.1 Å². The van der Waals surface area contributed by atoms with E-state index >= 15 is 0 Å². The van der Waals surface area contributed by atoms with E-state index in [1.165, 1.54) is 12.1 Å². The van der Waals surface area contributed by atoms with Gasteiger partial charge in [0.2, 0.25) is 5.91 Å². The van der Waals surface area contributed by atoms with Crippen LogP contribution in [0.3, 0.4) is 0 Å². The Bertz CT molecular complexity index is 1280. The van der Waals surface area contributed by atoms with E-state index in [4.69, 9.17) is 4.74 Å². The first-order valence-electron chi connectivity index (χ1n) is 11.1. The fraction of sp³-hybridized carbons (Fsp3) is 0.333. The Kier molecular flexibility index (Phi) is 6.07. The van der Waals surface area contributed by atoms with Gasteiger partial charge >= 0.3 is 0 Å². The summed E-state index contributed by atoms with van der Waals surface area (Å²) < 4.78 is 39.0. The number of carbonyl (C=O) groups is 1. The van der Waals surface area contributed by atoms with Gasteiger partial charge in [0.1, 0.15) is 23.1 Å². The summed E-state index contributed by atoms with van der Waals surface area (Å²) in [4.78, 5) is 23.9. The topological polar surface area (TPSA) is 102 Å². The lowest BCUT2D eigenvalue weighted by molar-refractivity contribution is -0.130. The number of H-pyrrole nitrogens is 1. The SMILES string of the molecule is COc1ccc(F)cc1-c1ccnc2[nH]c(C3=CCN(CC(=O)N4CCS(O)(O)C4)CC3)cc12. The van der Waals surface area contributed by atoms with Crippen LogP contribution in [0.5, 0.6) is 5.75 Å². The Morgan fingerprint density at radius 1 is 1.24 bits per heavy atom. The van der Waals surface area contributed by atoms with Crippen LogP contribution in [0.2, 0.25) is 0 Å². The van der Waals surface area contributed by atoms with Gasteiger partial charge in [0.15, 0.2) is 0 Å². The third-order valence-corrected chi connectivity index (χ3v) is 7.95. The normalized spacial score (nSPS) is 19.3. The molecule has 10 heteroatoms. The van der Waals surface area contributed by atoms with E-state index < -0.39 is 10.6 Å². The van der Waals surface area contributed by atoms with Crippen LogP contribution in [-0.2, 0) is 4.79 Å². The van der Waals surface area contributed by atoms with Crippen molar-refractivity contribution in [2.75, 3.05) is 44.9 Å². The fourth-order valence-corrected chi connectivity index (χ4v) is 5.96. The second kappa shape index (κ2) is 9.03. The van der Waals surface area contributed by atoms with E-state index in [2.05, 4.69) is 20.9 Å². The number of carbonyl (C=O) groups excluding carboxylic acids is 1. The largest absolute Gasteiger partial charge is 0.496 e. The van der Waals surface area contributed by atoms with Gasteiger partial charge in [-0.2, -0.15) is 10.6 Å². The number of hydrogen-bond donors (Lipinski definition) is 3. The molecule has 2 aliphatic rings. The molecule has 8 nitrogen and oxygen atoms in total. The van der Waals surface area contributed by atoms with Crippen LogP contribution in [0.1, 0.15) is 12.1 Å². The number of nitrogens with one attached hydrogen (secondary N) is 1. The first-order valence-corrected chi connectivity index (χ1v) is 13.0. The van der Waals surface area contributed by atoms with Gasteiger partial charge in [-0.1, -0.05) is 6.08 Å². The Hall–Kier alpha value is -2.92. The molecule has 0 spiro atoms. The number of aromatic nitrogens is 2. The molecule has 0 saturated carbocycles. The van der Waals surface area contributed by atoms with Crippen molar-refractivity contribution in [3.63, 3.8) is 0 Å². The van der Waals surface area contributed by atoms with E-state index in [0.717, 1.165) is 35.2 Å². The van der Waals surface area contributed by atoms with Crippen molar-refractivity contribution < 1.29 is 23.0 Å². The molecule has 1 amide bonds. The number of methoxy groups -OCH3 is 1. The van der Waals surface area contributed by atoms with Crippen LogP contribution in [0.4, 0.5) is 4.39 Å². The molecule has 2 aliphatic heterocycles. The number of rotatable bonds is 5. The Morgan fingerprint density at radius 3 is 2.79 bits per heavy atom. The standard InChI is InChI=1S/C24H27FN4O4S/c1-33-22-3-2-17(25)12-19(22)18-4-7-26-24-20(18)13-21(27-24)16-5-8-28(9-6-16)14-23(30)29-10-11-34(31,32)15-29/h2-5,7,12-13,31-32H,6,8-11,14-15H2,1H3,(H,26,27). The summed E-state index contributed by atoms with van der Waals surface area (Å²) in [5.41, 5.74) is 4.30. The molecule has 2 aromatic heterocycles. The zero-order chi connectivity index (χ0) is 23.9. The second-order valence-corrected chi connectivity index (χ2v) is 10.9. The average Bonchev–Trinajstić information content (AvgIpc) is 3.42. The van der Waals surface area contributed by atoms with Crippen molar-refractivity contribution in [2.45, 2.75) is 6.42 Å². The molecule has 0 unspecified atom stereocenters. The number of ether oxygens (including phenoxy) is 1. The summed E-state index contributed by atoms with van der Waals surface area (Å²) in [6.07, 6.45) is 4.55. The quantitative estimate of drug-likeness (QED) is 0.504. The fourth-order valence-electron chi connectivity index (χ4n) is 4.55. The lowest BCUT2D eigenvalue weighted by Crippen LogP contribution is -2.40. The van der Waals surface area contributed by atoms with Gasteiger partial charge in [-0.15, -0.1) is 0 Å². The van der Waals surface area contributed by atoms with Crippen LogP contribution >= 0.6 is 10.6 Å². The number of pyridine rings is 1. The Labute approximate surface area is 198 Å². The predicted octanol–water partition coefficient (Wildman–Crippen LogP) is 4.02. The van der Waals surface area contributed by atoms with Crippen molar-refractivity contribution in [3.05, 3.63) is 54.1 Å². The highest BCUT2D eigenvalue weighted by atomic mass is 32.3. The van der Waals surface area contributed by atoms with Crippen LogP contribution < -0.4 is 4.74 Å². The van der Waals surface area contributed by atoms with Crippen molar-refractivity contribution in [1.29, 1.82) is 0 Å². The van der Waals surface area contributed by atoms with Gasteiger partial charge in [-0.05, 0) is 47.9 Å². The minimum atomic E-state index is -2.63. The minimum Gasteiger partial charge on any atom is -0.496 e. The van der Waals surface area contributed by atoms with Crippen molar-refractivity contribution in [2.24, 2.45) is 0 Å². The molecule has 5 rings (SSSR count). The highest BCUT2D eigenvalue weighted by Gasteiger charge is 2.30. The van der Waals surface area contributed by atoms with Gasteiger partial charge in [-0.3, -0.25) is 18.8 Å². The van der Waals surface area contributed by atoms with Gasteiger partial charge < -0.3 is 14.6 Å². The zero-order valence-electron chi connectivity index (χ0n) is 18.8. The van der Waals surface area contributed by atoms with Crippen molar-refractivity contribution >= 4 is 33.1 Å². The summed E-state index contributed by atoms with van der Waals surface area (Å²) in [6, 6.07) is 8.35. The molecule has 0 aliphatic carbocycles. The lowest BCUT2D eigenvalue weighted by atomic mass is 10.0. The maximum atomic E-state index is 14.0. The molecular weight excluding hydrogens is 459 g/mol. The van der Waals surface area contributed by atoms with E-state index in [0.29, 0.717) is 30.0 Å². The maximum Gasteiger partial charge on any atom is 0.238 e. The van der Waals surface area contributed by atoms with E-state index in [-0.39, 0.29) is 29.9 Å². The molecule has 1 saturated heterocycles. The molecular formula is C24H27FN4O4S. The maximum absolute atomic E-state index is 14.0. The van der Waals surface area contributed by atoms with E-state index in [1.54, 1.807) is 24.3 Å². The number of hydrogen-bond acceptors (Lipinski definition) is 6. The number of amides is 1. The molecule has 3 aromatic rings. The molecule has 180 valence electrons.